The van der Waals surface area contributed by atoms with Gasteiger partial charge >= 0.3 is 0 Å². The summed E-state index contributed by atoms with van der Waals surface area (Å²) < 4.78 is 1.90. The molecule has 0 radical (unpaired) electrons. The van der Waals surface area contributed by atoms with Crippen LogP contribution < -0.4 is 0 Å². The third-order valence-corrected chi connectivity index (χ3v) is 2.62. The van der Waals surface area contributed by atoms with Crippen LogP contribution in [0.25, 0.3) is 5.82 Å². The molecule has 5 heteroatoms. The highest BCUT2D eigenvalue weighted by Crippen LogP contribution is 2.11. The highest BCUT2D eigenvalue weighted by Gasteiger charge is 2.05. The quantitative estimate of drug-likeness (QED) is 0.731. The number of alkyl halides is 1. The predicted octanol–water partition coefficient (Wildman–Crippen LogP) is 2.02. The van der Waals surface area contributed by atoms with Crippen molar-refractivity contribution in [1.29, 1.82) is 0 Å². The maximum absolute atomic E-state index is 5.64. The molecule has 0 atom stereocenters. The van der Waals surface area contributed by atoms with Crippen LogP contribution in [-0.4, -0.2) is 19.7 Å². The Labute approximate surface area is 92.9 Å². The summed E-state index contributed by atoms with van der Waals surface area (Å²) in [5, 5.41) is 8.08. The molecular weight excluding hydrogens is 212 g/mol. The van der Waals surface area contributed by atoms with Crippen molar-refractivity contribution < 1.29 is 0 Å². The maximum atomic E-state index is 5.64. The van der Waals surface area contributed by atoms with Crippen molar-refractivity contribution in [2.75, 3.05) is 0 Å². The molecule has 0 aromatic carbocycles. The van der Waals surface area contributed by atoms with Crippen LogP contribution >= 0.6 is 11.6 Å². The van der Waals surface area contributed by atoms with Crippen molar-refractivity contribution in [1.82, 2.24) is 19.7 Å². The van der Waals surface area contributed by atoms with E-state index in [1.165, 1.54) is 0 Å². The highest BCUT2D eigenvalue weighted by molar-refractivity contribution is 6.16. The van der Waals surface area contributed by atoms with E-state index in [9.17, 15) is 0 Å². The molecule has 0 aliphatic carbocycles. The molecule has 0 aliphatic heterocycles. The van der Waals surface area contributed by atoms with Gasteiger partial charge in [0.2, 0.25) is 0 Å². The Morgan fingerprint density at radius 1 is 1.27 bits per heavy atom. The fourth-order valence-corrected chi connectivity index (χ4v) is 1.42. The molecule has 0 aliphatic rings. The predicted molar refractivity (Wildman–Crippen MR) is 58.2 cm³/mol. The number of rotatable bonds is 2. The smallest absolute Gasteiger partial charge is 0.160 e. The molecule has 2 aromatic rings. The second kappa shape index (κ2) is 3.98. The minimum atomic E-state index is 0.384. The molecule has 0 bridgehead atoms. The van der Waals surface area contributed by atoms with E-state index >= 15 is 0 Å². The van der Waals surface area contributed by atoms with Gasteiger partial charge in [-0.15, -0.1) is 16.7 Å². The van der Waals surface area contributed by atoms with Gasteiger partial charge in [-0.1, -0.05) is 0 Å². The van der Waals surface area contributed by atoms with Gasteiger partial charge in [-0.2, -0.15) is 5.10 Å². The van der Waals surface area contributed by atoms with E-state index in [2.05, 4.69) is 15.2 Å². The van der Waals surface area contributed by atoms with E-state index in [0.29, 0.717) is 5.88 Å². The molecule has 4 nitrogen and oxygen atoms in total. The van der Waals surface area contributed by atoms with Crippen LogP contribution in [0.5, 0.6) is 0 Å². The van der Waals surface area contributed by atoms with Gasteiger partial charge < -0.3 is 0 Å². The first kappa shape index (κ1) is 10.1. The van der Waals surface area contributed by atoms with Gasteiger partial charge in [-0.05, 0) is 26.0 Å². The summed E-state index contributed by atoms with van der Waals surface area (Å²) in [6, 6.07) is 3.75. The fraction of sp³-hybridized carbons (Fsp3) is 0.300. The van der Waals surface area contributed by atoms with Crippen LogP contribution in [0.3, 0.4) is 0 Å². The Kier molecular flexibility index (Phi) is 2.68. The molecule has 15 heavy (non-hydrogen) atoms. The largest absolute Gasteiger partial charge is 0.286 e. The summed E-state index contributed by atoms with van der Waals surface area (Å²) in [4.78, 5) is 4.20. The van der Waals surface area contributed by atoms with Crippen molar-refractivity contribution in [3.63, 3.8) is 0 Å². The van der Waals surface area contributed by atoms with Crippen molar-refractivity contribution in [2.24, 2.45) is 0 Å². The summed E-state index contributed by atoms with van der Waals surface area (Å²) in [6.45, 7) is 3.96. The first-order valence-corrected chi connectivity index (χ1v) is 5.15. The van der Waals surface area contributed by atoms with E-state index in [-0.39, 0.29) is 0 Å². The normalized spacial score (nSPS) is 10.6. The van der Waals surface area contributed by atoms with Crippen LogP contribution in [0.15, 0.2) is 18.5 Å². The molecule has 0 unspecified atom stereocenters. The third kappa shape index (κ3) is 1.85. The second-order valence-electron chi connectivity index (χ2n) is 3.30. The number of imidazole rings is 1. The van der Waals surface area contributed by atoms with E-state index in [1.54, 1.807) is 6.33 Å². The van der Waals surface area contributed by atoms with E-state index in [4.69, 9.17) is 11.6 Å². The Hall–Kier alpha value is -1.42. The number of hydrogen-bond donors (Lipinski definition) is 0. The molecule has 2 heterocycles. The summed E-state index contributed by atoms with van der Waals surface area (Å²) in [5.74, 6) is 1.15. The molecular formula is C10H11ClN4. The lowest BCUT2D eigenvalue weighted by molar-refractivity contribution is 0.868. The van der Waals surface area contributed by atoms with Gasteiger partial charge in [0, 0.05) is 5.69 Å². The lowest BCUT2D eigenvalue weighted by atomic mass is 10.3. The standard InChI is InChI=1S/C10H11ClN4/c1-7-8(2)15(6-12-7)10-4-3-9(5-11)13-14-10/h3-4,6H,5H2,1-2H3. The number of aromatic nitrogens is 4. The second-order valence-corrected chi connectivity index (χ2v) is 3.57. The van der Waals surface area contributed by atoms with Crippen LogP contribution in [0.1, 0.15) is 17.1 Å². The molecule has 78 valence electrons. The molecule has 0 saturated heterocycles. The van der Waals surface area contributed by atoms with Crippen LogP contribution in [-0.2, 0) is 5.88 Å². The Balaban J connectivity index is 2.41. The first-order valence-electron chi connectivity index (χ1n) is 4.62. The van der Waals surface area contributed by atoms with Crippen molar-refractivity contribution in [3.8, 4) is 5.82 Å². The summed E-state index contributed by atoms with van der Waals surface area (Å²) in [7, 11) is 0. The van der Waals surface area contributed by atoms with Crippen molar-refractivity contribution >= 4 is 11.6 Å². The first-order chi connectivity index (χ1) is 7.22. The third-order valence-electron chi connectivity index (χ3n) is 2.34. The zero-order valence-electron chi connectivity index (χ0n) is 8.61. The molecule has 0 saturated carbocycles. The summed E-state index contributed by atoms with van der Waals surface area (Å²) in [6.07, 6.45) is 1.75. The van der Waals surface area contributed by atoms with Gasteiger partial charge in [0.25, 0.3) is 0 Å². The molecule has 0 amide bonds. The Morgan fingerprint density at radius 2 is 2.07 bits per heavy atom. The lowest BCUT2D eigenvalue weighted by Crippen LogP contribution is -2.01. The van der Waals surface area contributed by atoms with Crippen molar-refractivity contribution in [2.45, 2.75) is 19.7 Å². The van der Waals surface area contributed by atoms with Gasteiger partial charge in [0.1, 0.15) is 6.33 Å². The zero-order chi connectivity index (χ0) is 10.8. The Bertz CT molecular complexity index is 461. The summed E-state index contributed by atoms with van der Waals surface area (Å²) >= 11 is 5.64. The van der Waals surface area contributed by atoms with E-state index < -0.39 is 0 Å². The number of hydrogen-bond acceptors (Lipinski definition) is 3. The SMILES string of the molecule is Cc1ncn(-c2ccc(CCl)nn2)c1C. The maximum Gasteiger partial charge on any atom is 0.160 e. The fourth-order valence-electron chi connectivity index (χ4n) is 1.28. The van der Waals surface area contributed by atoms with Crippen LogP contribution in [0, 0.1) is 13.8 Å². The number of aryl methyl sites for hydroxylation is 1. The lowest BCUT2D eigenvalue weighted by Gasteiger charge is -2.03. The average molecular weight is 223 g/mol. The molecule has 2 rings (SSSR count). The van der Waals surface area contributed by atoms with Gasteiger partial charge in [-0.3, -0.25) is 4.57 Å². The minimum absolute atomic E-state index is 0.384. The van der Waals surface area contributed by atoms with Gasteiger partial charge in [0.15, 0.2) is 5.82 Å². The number of nitrogens with zero attached hydrogens (tertiary/aromatic N) is 4. The Morgan fingerprint density at radius 3 is 2.53 bits per heavy atom. The van der Waals surface area contributed by atoms with Crippen LogP contribution in [0.4, 0.5) is 0 Å². The highest BCUT2D eigenvalue weighted by atomic mass is 35.5. The van der Waals surface area contributed by atoms with Gasteiger partial charge in [0.05, 0.1) is 17.3 Å². The topological polar surface area (TPSA) is 43.6 Å². The molecule has 0 N–H and O–H groups in total. The zero-order valence-corrected chi connectivity index (χ0v) is 9.36. The average Bonchev–Trinajstić information content (AvgIpc) is 2.60. The molecule has 2 aromatic heterocycles. The van der Waals surface area contributed by atoms with Crippen LogP contribution in [0.2, 0.25) is 0 Å². The van der Waals surface area contributed by atoms with E-state index in [0.717, 1.165) is 22.9 Å². The summed E-state index contributed by atoms with van der Waals surface area (Å²) in [5.41, 5.74) is 2.84. The monoisotopic (exact) mass is 222 g/mol. The van der Waals surface area contributed by atoms with Crippen molar-refractivity contribution in [3.05, 3.63) is 35.5 Å². The number of halogens is 1. The van der Waals surface area contributed by atoms with Gasteiger partial charge in [-0.25, -0.2) is 4.98 Å². The molecule has 0 fully saturated rings. The molecule has 0 spiro atoms. The van der Waals surface area contributed by atoms with E-state index in [1.807, 2.05) is 30.5 Å². The minimum Gasteiger partial charge on any atom is -0.286 e.